The summed E-state index contributed by atoms with van der Waals surface area (Å²) in [5.41, 5.74) is 0. The summed E-state index contributed by atoms with van der Waals surface area (Å²) in [6, 6.07) is 5.56. The summed E-state index contributed by atoms with van der Waals surface area (Å²) in [6.45, 7) is 14.2. The summed E-state index contributed by atoms with van der Waals surface area (Å²) < 4.78 is 15.9. The second-order valence-electron chi connectivity index (χ2n) is 7.37. The highest BCUT2D eigenvalue weighted by atomic mass is 28.4. The fourth-order valence-electron chi connectivity index (χ4n) is 4.45. The van der Waals surface area contributed by atoms with Gasteiger partial charge in [0.1, 0.15) is 8.24 Å². The molecule has 1 aliphatic rings. The number of rotatable bonds is 14. The van der Waals surface area contributed by atoms with E-state index in [1.165, 1.54) is 75.7 Å². The first-order valence-corrected chi connectivity index (χ1v) is 15.2. The summed E-state index contributed by atoms with van der Waals surface area (Å²) in [5.74, 6) is 0. The molecule has 0 aliphatic carbocycles. The fraction of sp³-hybridized carbons (Fsp3) is 1.00. The van der Waals surface area contributed by atoms with E-state index in [1.807, 2.05) is 0 Å². The van der Waals surface area contributed by atoms with Gasteiger partial charge in [0.15, 0.2) is 0 Å². The molecular formula is C19H43NO2Si2. The van der Waals surface area contributed by atoms with Gasteiger partial charge in [-0.05, 0) is 44.9 Å². The minimum atomic E-state index is -2.15. The predicted molar refractivity (Wildman–Crippen MR) is 110 cm³/mol. The van der Waals surface area contributed by atoms with Crippen LogP contribution >= 0.6 is 0 Å². The van der Waals surface area contributed by atoms with Gasteiger partial charge in [-0.15, -0.1) is 0 Å². The lowest BCUT2D eigenvalue weighted by Crippen LogP contribution is -2.66. The predicted octanol–water partition coefficient (Wildman–Crippen LogP) is 6.05. The molecule has 0 aromatic heterocycles. The Labute approximate surface area is 153 Å². The van der Waals surface area contributed by atoms with Gasteiger partial charge >= 0.3 is 8.72 Å². The van der Waals surface area contributed by atoms with Gasteiger partial charge in [-0.1, -0.05) is 59.3 Å². The highest BCUT2D eigenvalue weighted by molar-refractivity contribution is 6.88. The zero-order valence-electron chi connectivity index (χ0n) is 17.2. The summed E-state index contributed by atoms with van der Waals surface area (Å²) >= 11 is 0. The third-order valence-electron chi connectivity index (χ3n) is 5.59. The SMILES string of the molecule is CCCC[Si](CCCC)(CCCC)N1CCC[Si]1(OCC)OCC. The Morgan fingerprint density at radius 1 is 0.792 bits per heavy atom. The number of hydrogen-bond acceptors (Lipinski definition) is 3. The molecule has 0 amide bonds. The molecule has 1 heterocycles. The van der Waals surface area contributed by atoms with Crippen LogP contribution in [0.2, 0.25) is 24.2 Å². The lowest BCUT2D eigenvalue weighted by Gasteiger charge is -2.47. The van der Waals surface area contributed by atoms with Crippen molar-refractivity contribution in [1.29, 1.82) is 0 Å². The van der Waals surface area contributed by atoms with Crippen molar-refractivity contribution in [3.05, 3.63) is 0 Å². The van der Waals surface area contributed by atoms with E-state index in [0.29, 0.717) is 0 Å². The van der Waals surface area contributed by atoms with Gasteiger partial charge in [0.05, 0.1) is 0 Å². The number of hydrogen-bond donors (Lipinski definition) is 0. The summed E-state index contributed by atoms with van der Waals surface area (Å²) in [4.78, 5) is 0. The highest BCUT2D eigenvalue weighted by Gasteiger charge is 2.56. The van der Waals surface area contributed by atoms with E-state index in [0.717, 1.165) is 13.2 Å². The van der Waals surface area contributed by atoms with E-state index in [1.54, 1.807) is 0 Å². The maximum absolute atomic E-state index is 6.47. The van der Waals surface area contributed by atoms with E-state index < -0.39 is 17.0 Å². The van der Waals surface area contributed by atoms with Gasteiger partial charge in [-0.25, -0.2) is 0 Å². The minimum Gasteiger partial charge on any atom is -0.383 e. The Morgan fingerprint density at radius 2 is 1.25 bits per heavy atom. The lowest BCUT2D eigenvalue weighted by atomic mass is 10.4. The molecule has 0 aromatic carbocycles. The van der Waals surface area contributed by atoms with Crippen LogP contribution in [0.5, 0.6) is 0 Å². The van der Waals surface area contributed by atoms with Crippen molar-refractivity contribution in [2.75, 3.05) is 19.8 Å². The van der Waals surface area contributed by atoms with Crippen LogP contribution in [0.15, 0.2) is 0 Å². The first-order chi connectivity index (χ1) is 11.6. The van der Waals surface area contributed by atoms with Gasteiger partial charge in [0, 0.05) is 19.3 Å². The zero-order chi connectivity index (χ0) is 17.9. The van der Waals surface area contributed by atoms with E-state index >= 15 is 0 Å². The third-order valence-corrected chi connectivity index (χ3v) is 16.8. The molecule has 24 heavy (non-hydrogen) atoms. The molecule has 0 radical (unpaired) electrons. The monoisotopic (exact) mass is 373 g/mol. The first kappa shape index (κ1) is 22.4. The molecule has 3 nitrogen and oxygen atoms in total. The summed E-state index contributed by atoms with van der Waals surface area (Å²) in [6.07, 6.45) is 9.40. The molecule has 0 spiro atoms. The molecule has 0 saturated carbocycles. The van der Waals surface area contributed by atoms with E-state index in [9.17, 15) is 0 Å². The molecule has 0 N–H and O–H groups in total. The van der Waals surface area contributed by atoms with Crippen LogP contribution in [0.1, 0.15) is 79.6 Å². The van der Waals surface area contributed by atoms with Gasteiger partial charge < -0.3 is 13.1 Å². The maximum Gasteiger partial charge on any atom is 0.421 e. The van der Waals surface area contributed by atoms with E-state index in [4.69, 9.17) is 8.85 Å². The van der Waals surface area contributed by atoms with Crippen LogP contribution in [-0.2, 0) is 8.85 Å². The van der Waals surface area contributed by atoms with Crippen LogP contribution in [0.25, 0.3) is 0 Å². The molecule has 0 aromatic rings. The Kier molecular flexibility index (Phi) is 11.0. The van der Waals surface area contributed by atoms with Crippen molar-refractivity contribution in [3.8, 4) is 0 Å². The van der Waals surface area contributed by atoms with Crippen molar-refractivity contribution >= 4 is 17.0 Å². The largest absolute Gasteiger partial charge is 0.421 e. The van der Waals surface area contributed by atoms with Gasteiger partial charge in [-0.3, -0.25) is 0 Å². The van der Waals surface area contributed by atoms with Gasteiger partial charge in [-0.2, -0.15) is 0 Å². The Morgan fingerprint density at radius 3 is 1.62 bits per heavy atom. The first-order valence-electron chi connectivity index (χ1n) is 10.7. The van der Waals surface area contributed by atoms with Crippen LogP contribution in [0.4, 0.5) is 0 Å². The Bertz CT molecular complexity index is 301. The van der Waals surface area contributed by atoms with Crippen molar-refractivity contribution in [2.45, 2.75) is 104 Å². The topological polar surface area (TPSA) is 21.7 Å². The highest BCUT2D eigenvalue weighted by Crippen LogP contribution is 2.41. The molecular weight excluding hydrogens is 330 g/mol. The van der Waals surface area contributed by atoms with Crippen LogP contribution in [0.3, 0.4) is 0 Å². The summed E-state index contributed by atoms with van der Waals surface area (Å²) in [7, 11) is -3.64. The molecule has 0 unspecified atom stereocenters. The Balaban J connectivity index is 3.14. The number of unbranched alkanes of at least 4 members (excludes halogenated alkanes) is 3. The second-order valence-corrected chi connectivity index (χ2v) is 15.3. The quantitative estimate of drug-likeness (QED) is 0.346. The lowest BCUT2D eigenvalue weighted by molar-refractivity contribution is 0.156. The van der Waals surface area contributed by atoms with Gasteiger partial charge in [0.2, 0.25) is 0 Å². The van der Waals surface area contributed by atoms with Crippen LogP contribution in [-0.4, -0.2) is 40.9 Å². The summed E-state index contributed by atoms with van der Waals surface area (Å²) in [5, 5.41) is 0. The molecule has 0 atom stereocenters. The average Bonchev–Trinajstić information content (AvgIpc) is 2.99. The van der Waals surface area contributed by atoms with E-state index in [-0.39, 0.29) is 0 Å². The Hall–Kier alpha value is 0.314. The number of nitrogens with zero attached hydrogens (tertiary/aromatic N) is 1. The molecule has 0 bridgehead atoms. The van der Waals surface area contributed by atoms with Crippen molar-refractivity contribution < 1.29 is 8.85 Å². The van der Waals surface area contributed by atoms with E-state index in [2.05, 4.69) is 38.8 Å². The molecule has 144 valence electrons. The maximum atomic E-state index is 6.47. The minimum absolute atomic E-state index is 0.808. The molecule has 1 fully saturated rings. The molecule has 1 saturated heterocycles. The molecule has 1 rings (SSSR count). The zero-order valence-corrected chi connectivity index (χ0v) is 19.2. The second kappa shape index (κ2) is 11.8. The van der Waals surface area contributed by atoms with Crippen molar-refractivity contribution in [2.24, 2.45) is 0 Å². The fourth-order valence-corrected chi connectivity index (χ4v) is 17.3. The standard InChI is InChI=1S/C19H43NO2Si2/c1-6-11-16-23(17-12-7-2,18-13-8-3)20-15-14-19-24(20,21-9-4)22-10-5/h6-19H2,1-5H3. The van der Waals surface area contributed by atoms with Crippen molar-refractivity contribution in [3.63, 3.8) is 0 Å². The van der Waals surface area contributed by atoms with Crippen LogP contribution < -0.4 is 0 Å². The molecule has 5 heteroatoms. The average molecular weight is 374 g/mol. The van der Waals surface area contributed by atoms with Gasteiger partial charge in [0.25, 0.3) is 0 Å². The van der Waals surface area contributed by atoms with Crippen LogP contribution in [0, 0.1) is 0 Å². The normalized spacial score (nSPS) is 18.4. The third kappa shape index (κ3) is 5.66. The smallest absolute Gasteiger partial charge is 0.383 e. The van der Waals surface area contributed by atoms with Crippen molar-refractivity contribution in [1.82, 2.24) is 4.23 Å². The molecule has 1 aliphatic heterocycles.